The first kappa shape index (κ1) is 26.0. The predicted molar refractivity (Wildman–Crippen MR) is 153 cm³/mol. The number of nitrogens with zero attached hydrogens (tertiary/aromatic N) is 3. The Hall–Kier alpha value is -3.62. The number of aryl methyl sites for hydroxylation is 1. The van der Waals surface area contributed by atoms with E-state index in [1.807, 2.05) is 55.5 Å². The molecule has 2 aliphatic heterocycles. The Morgan fingerprint density at radius 2 is 1.63 bits per heavy atom. The second kappa shape index (κ2) is 10.6. The van der Waals surface area contributed by atoms with E-state index >= 15 is 0 Å². The number of aliphatic hydroxyl groups excluding tert-OH is 1. The molecule has 3 aromatic rings. The summed E-state index contributed by atoms with van der Waals surface area (Å²) in [6.07, 6.45) is 0. The number of carbonyl (C=O) groups excluding carboxylic acids is 2. The number of hydrogen-bond acceptors (Lipinski definition) is 6. The number of Topliss-reactive ketones (excluding diaryl/α,β-unsaturated/α-hetero) is 1. The van der Waals surface area contributed by atoms with Crippen molar-refractivity contribution in [3.8, 4) is 5.75 Å². The largest absolute Gasteiger partial charge is 0.507 e. The van der Waals surface area contributed by atoms with E-state index in [-0.39, 0.29) is 11.3 Å². The highest BCUT2D eigenvalue weighted by Crippen LogP contribution is 2.43. The van der Waals surface area contributed by atoms with Gasteiger partial charge >= 0.3 is 0 Å². The van der Waals surface area contributed by atoms with Crippen LogP contribution in [0, 0.1) is 6.92 Å². The molecule has 1 amide bonds. The minimum absolute atomic E-state index is 0.0563. The molecule has 7 nitrogen and oxygen atoms in total. The monoisotopic (exact) mass is 575 g/mol. The lowest BCUT2D eigenvalue weighted by molar-refractivity contribution is -0.132. The number of ketones is 1. The molecule has 38 heavy (non-hydrogen) atoms. The molecule has 2 aliphatic rings. The average Bonchev–Trinajstić information content (AvgIpc) is 3.19. The lowest BCUT2D eigenvalue weighted by atomic mass is 9.94. The first-order valence-corrected chi connectivity index (χ1v) is 13.3. The van der Waals surface area contributed by atoms with Gasteiger partial charge in [-0.25, -0.2) is 0 Å². The Morgan fingerprint density at radius 3 is 2.26 bits per heavy atom. The Kier molecular flexibility index (Phi) is 7.27. The summed E-state index contributed by atoms with van der Waals surface area (Å²) in [7, 11) is 3.67. The fourth-order valence-corrected chi connectivity index (χ4v) is 5.65. The van der Waals surface area contributed by atoms with E-state index in [1.165, 1.54) is 4.90 Å². The van der Waals surface area contributed by atoms with Gasteiger partial charge in [-0.1, -0.05) is 29.8 Å². The van der Waals surface area contributed by atoms with Crippen LogP contribution in [-0.2, 0) is 9.59 Å². The summed E-state index contributed by atoms with van der Waals surface area (Å²) >= 11 is 3.44. The van der Waals surface area contributed by atoms with Gasteiger partial charge in [-0.05, 0) is 77.9 Å². The second-order valence-corrected chi connectivity index (χ2v) is 10.6. The van der Waals surface area contributed by atoms with Gasteiger partial charge in [0.15, 0.2) is 0 Å². The summed E-state index contributed by atoms with van der Waals surface area (Å²) in [6.45, 7) is 5.81. The van der Waals surface area contributed by atoms with Gasteiger partial charge in [0.1, 0.15) is 11.5 Å². The molecule has 1 atom stereocenters. The third-order valence-electron chi connectivity index (χ3n) is 7.22. The van der Waals surface area contributed by atoms with Gasteiger partial charge < -0.3 is 19.6 Å². The standard InChI is InChI=1S/C30H30BrN3O4/c1-19-5-4-6-20(17-19)27-26(28(35)21-7-12-25(38-3)24(31)18-21)29(36)30(37)34(27)23-10-8-22(9-11-23)33-15-13-32(2)14-16-33/h4-12,17-18,27,35H,13-16H2,1-3H3/b28-26-. The number of rotatable bonds is 5. The number of methoxy groups -OCH3 is 1. The molecule has 0 radical (unpaired) electrons. The third-order valence-corrected chi connectivity index (χ3v) is 7.84. The number of amides is 1. The number of benzene rings is 3. The molecule has 1 unspecified atom stereocenters. The van der Waals surface area contributed by atoms with E-state index in [1.54, 1.807) is 25.3 Å². The van der Waals surface area contributed by atoms with Crippen LogP contribution in [-0.4, -0.2) is 62.0 Å². The van der Waals surface area contributed by atoms with E-state index in [0.717, 1.165) is 43.0 Å². The molecule has 0 aliphatic carbocycles. The summed E-state index contributed by atoms with van der Waals surface area (Å²) in [5, 5.41) is 11.4. The Labute approximate surface area is 231 Å². The fourth-order valence-electron chi connectivity index (χ4n) is 5.11. The quantitative estimate of drug-likeness (QED) is 0.258. The number of anilines is 2. The molecule has 0 saturated carbocycles. The zero-order chi connectivity index (χ0) is 27.0. The number of aliphatic hydroxyl groups is 1. The van der Waals surface area contributed by atoms with Crippen molar-refractivity contribution >= 4 is 44.8 Å². The van der Waals surface area contributed by atoms with Gasteiger partial charge in [-0.2, -0.15) is 0 Å². The Bertz CT molecular complexity index is 1410. The molecular weight excluding hydrogens is 546 g/mol. The molecular formula is C30H30BrN3O4. The first-order chi connectivity index (χ1) is 18.3. The van der Waals surface area contributed by atoms with E-state index in [0.29, 0.717) is 21.5 Å². The maximum absolute atomic E-state index is 13.5. The highest BCUT2D eigenvalue weighted by Gasteiger charge is 2.47. The number of halogens is 1. The van der Waals surface area contributed by atoms with Gasteiger partial charge in [-0.15, -0.1) is 0 Å². The SMILES string of the molecule is COc1ccc(/C(O)=C2/C(=O)C(=O)N(c3ccc(N4CCN(C)CC4)cc3)C2c2cccc(C)c2)cc1Br. The highest BCUT2D eigenvalue weighted by molar-refractivity contribution is 9.10. The number of likely N-dealkylation sites (N-methyl/N-ethyl adjacent to an activating group) is 1. The van der Waals surface area contributed by atoms with Crippen LogP contribution in [0.3, 0.4) is 0 Å². The minimum Gasteiger partial charge on any atom is -0.507 e. The zero-order valence-corrected chi connectivity index (χ0v) is 23.2. The van der Waals surface area contributed by atoms with E-state index in [2.05, 4.69) is 32.8 Å². The van der Waals surface area contributed by atoms with Crippen molar-refractivity contribution in [1.82, 2.24) is 4.90 Å². The maximum atomic E-state index is 13.5. The van der Waals surface area contributed by atoms with E-state index in [4.69, 9.17) is 4.74 Å². The van der Waals surface area contributed by atoms with Crippen molar-refractivity contribution < 1.29 is 19.4 Å². The van der Waals surface area contributed by atoms with Gasteiger partial charge in [0.2, 0.25) is 0 Å². The third kappa shape index (κ3) is 4.81. The molecule has 0 spiro atoms. The molecule has 5 rings (SSSR count). The molecule has 1 N–H and O–H groups in total. The van der Waals surface area contributed by atoms with Gasteiger partial charge in [-0.3, -0.25) is 14.5 Å². The molecule has 0 bridgehead atoms. The predicted octanol–water partition coefficient (Wildman–Crippen LogP) is 5.14. The second-order valence-electron chi connectivity index (χ2n) is 9.74. The summed E-state index contributed by atoms with van der Waals surface area (Å²) in [6, 6.07) is 19.7. The zero-order valence-electron chi connectivity index (χ0n) is 21.6. The van der Waals surface area contributed by atoms with Gasteiger partial charge in [0.25, 0.3) is 11.7 Å². The number of carbonyl (C=O) groups is 2. The summed E-state index contributed by atoms with van der Waals surface area (Å²) < 4.78 is 5.93. The lowest BCUT2D eigenvalue weighted by Gasteiger charge is -2.34. The molecule has 8 heteroatoms. The Balaban J connectivity index is 1.59. The van der Waals surface area contributed by atoms with Crippen molar-refractivity contribution in [3.63, 3.8) is 0 Å². The smallest absolute Gasteiger partial charge is 0.300 e. The summed E-state index contributed by atoms with van der Waals surface area (Å²) in [5.74, 6) is -1.02. The molecule has 0 aromatic heterocycles. The molecule has 2 saturated heterocycles. The van der Waals surface area contributed by atoms with Gasteiger partial charge in [0, 0.05) is 43.1 Å². The maximum Gasteiger partial charge on any atom is 0.300 e. The summed E-state index contributed by atoms with van der Waals surface area (Å²) in [4.78, 5) is 33.1. The van der Waals surface area contributed by atoms with Crippen LogP contribution in [0.1, 0.15) is 22.7 Å². The van der Waals surface area contributed by atoms with E-state index < -0.39 is 17.7 Å². The lowest BCUT2D eigenvalue weighted by Crippen LogP contribution is -2.44. The van der Waals surface area contributed by atoms with E-state index in [9.17, 15) is 14.7 Å². The van der Waals surface area contributed by atoms with Crippen LogP contribution in [0.25, 0.3) is 5.76 Å². The molecule has 3 aromatic carbocycles. The van der Waals surface area contributed by atoms with Crippen LogP contribution < -0.4 is 14.5 Å². The first-order valence-electron chi connectivity index (χ1n) is 12.5. The summed E-state index contributed by atoms with van der Waals surface area (Å²) in [5.41, 5.74) is 3.90. The van der Waals surface area contributed by atoms with Crippen molar-refractivity contribution in [3.05, 3.63) is 93.5 Å². The highest BCUT2D eigenvalue weighted by atomic mass is 79.9. The molecule has 2 fully saturated rings. The van der Waals surface area contributed by atoms with Crippen LogP contribution in [0.5, 0.6) is 5.75 Å². The van der Waals surface area contributed by atoms with Crippen molar-refractivity contribution in [2.45, 2.75) is 13.0 Å². The van der Waals surface area contributed by atoms with Crippen LogP contribution in [0.4, 0.5) is 11.4 Å². The molecule has 196 valence electrons. The van der Waals surface area contributed by atoms with Crippen LogP contribution in [0.15, 0.2) is 76.8 Å². The number of piperazine rings is 1. The Morgan fingerprint density at radius 1 is 0.947 bits per heavy atom. The van der Waals surface area contributed by atoms with Crippen LogP contribution >= 0.6 is 15.9 Å². The molecule has 2 heterocycles. The number of ether oxygens (including phenoxy) is 1. The number of hydrogen-bond donors (Lipinski definition) is 1. The van der Waals surface area contributed by atoms with Gasteiger partial charge in [0.05, 0.1) is 23.2 Å². The topological polar surface area (TPSA) is 73.3 Å². The van der Waals surface area contributed by atoms with Crippen molar-refractivity contribution in [1.29, 1.82) is 0 Å². The van der Waals surface area contributed by atoms with Crippen molar-refractivity contribution in [2.24, 2.45) is 0 Å². The normalized spacial score (nSPS) is 19.7. The minimum atomic E-state index is -0.773. The van der Waals surface area contributed by atoms with Crippen LogP contribution in [0.2, 0.25) is 0 Å². The fraction of sp³-hybridized carbons (Fsp3) is 0.267. The average molecular weight is 576 g/mol. The van der Waals surface area contributed by atoms with Crippen molar-refractivity contribution in [2.75, 3.05) is 50.1 Å².